The van der Waals surface area contributed by atoms with E-state index in [9.17, 15) is 24.3 Å². The lowest BCUT2D eigenvalue weighted by Crippen LogP contribution is -2.33. The predicted octanol–water partition coefficient (Wildman–Crippen LogP) is 7.03. The fourth-order valence-electron chi connectivity index (χ4n) is 7.26. The number of para-hydroxylation sites is 2. The van der Waals surface area contributed by atoms with Crippen LogP contribution in [0.4, 0.5) is 16.2 Å². The SMILES string of the molecule is C=C(N)c1cccc(C(=O)/N=c2\[nH]c3ccccc3n2CCCCCNC(=O)CCOCCOCCOCCOCCOCCOCCNC(=O)c2ccc(/N=N/c3cc(CCNC(=O)OC(C)(C)C)ccc3O)cc2)c1. The van der Waals surface area contributed by atoms with E-state index < -0.39 is 11.7 Å². The summed E-state index contributed by atoms with van der Waals surface area (Å²) >= 11 is 0. The zero-order valence-corrected chi connectivity index (χ0v) is 44.5. The predicted molar refractivity (Wildman–Crippen MR) is 291 cm³/mol. The van der Waals surface area contributed by atoms with Crippen LogP contribution in [0.15, 0.2) is 113 Å². The van der Waals surface area contributed by atoms with E-state index >= 15 is 0 Å². The summed E-state index contributed by atoms with van der Waals surface area (Å²) in [5, 5.41) is 27.1. The molecule has 5 aromatic rings. The number of aromatic amines is 1. The van der Waals surface area contributed by atoms with Gasteiger partial charge in [-0.15, -0.1) is 5.11 Å². The molecule has 7 N–H and O–H groups in total. The van der Waals surface area contributed by atoms with Crippen LogP contribution in [0.1, 0.15) is 78.3 Å². The molecule has 0 radical (unpaired) electrons. The summed E-state index contributed by atoms with van der Waals surface area (Å²) in [4.78, 5) is 57.5. The van der Waals surface area contributed by atoms with Gasteiger partial charge in [0.05, 0.1) is 96.0 Å². The highest BCUT2D eigenvalue weighted by Crippen LogP contribution is 2.29. The van der Waals surface area contributed by atoms with E-state index in [1.54, 1.807) is 81.4 Å². The number of imidazole rings is 1. The monoisotopic (exact) mass is 1070 g/mol. The van der Waals surface area contributed by atoms with Gasteiger partial charge in [0.15, 0.2) is 0 Å². The summed E-state index contributed by atoms with van der Waals surface area (Å²) in [5.74, 6) is -0.738. The lowest BCUT2D eigenvalue weighted by atomic mass is 10.1. The minimum atomic E-state index is -0.585. The molecule has 0 aliphatic heterocycles. The number of unbranched alkanes of at least 4 members (excludes halogenated alkanes) is 2. The Labute approximate surface area is 449 Å². The zero-order valence-electron chi connectivity index (χ0n) is 44.5. The van der Waals surface area contributed by atoms with Crippen molar-refractivity contribution in [3.05, 3.63) is 125 Å². The molecule has 0 bridgehead atoms. The summed E-state index contributed by atoms with van der Waals surface area (Å²) in [7, 11) is 0. The van der Waals surface area contributed by atoms with Crippen molar-refractivity contribution in [2.45, 2.75) is 65.0 Å². The van der Waals surface area contributed by atoms with E-state index in [4.69, 9.17) is 38.9 Å². The molecular weight excluding hydrogens is 991 g/mol. The Morgan fingerprint density at radius 3 is 1.95 bits per heavy atom. The number of amides is 4. The molecule has 4 aromatic carbocycles. The maximum Gasteiger partial charge on any atom is 0.407 e. The van der Waals surface area contributed by atoms with Gasteiger partial charge in [-0.05, 0) is 118 Å². The molecular formula is C56H75N9O12. The van der Waals surface area contributed by atoms with Crippen molar-refractivity contribution >= 4 is 51.9 Å². The highest BCUT2D eigenvalue weighted by Gasteiger charge is 2.16. The molecule has 0 saturated carbocycles. The fraction of sp³-hybridized carbons (Fsp3) is 0.446. The number of nitrogens with zero attached hydrogens (tertiary/aromatic N) is 4. The molecule has 0 aliphatic rings. The van der Waals surface area contributed by atoms with Crippen molar-refractivity contribution in [2.75, 3.05) is 98.9 Å². The number of phenols is 1. The highest BCUT2D eigenvalue weighted by atomic mass is 16.6. The summed E-state index contributed by atoms with van der Waals surface area (Å²) in [6, 6.07) is 26.3. The van der Waals surface area contributed by atoms with Gasteiger partial charge in [-0.2, -0.15) is 10.1 Å². The van der Waals surface area contributed by atoms with E-state index in [1.807, 2.05) is 28.8 Å². The molecule has 5 rings (SSSR count). The number of aromatic hydroxyl groups is 1. The number of carbonyl (C=O) groups is 4. The van der Waals surface area contributed by atoms with Crippen LogP contribution in [0.2, 0.25) is 0 Å². The third-order valence-corrected chi connectivity index (χ3v) is 11.2. The molecule has 1 aromatic heterocycles. The van der Waals surface area contributed by atoms with Crippen molar-refractivity contribution in [2.24, 2.45) is 21.0 Å². The Morgan fingerprint density at radius 2 is 1.29 bits per heavy atom. The molecule has 21 nitrogen and oxygen atoms in total. The molecule has 0 unspecified atom stereocenters. The van der Waals surface area contributed by atoms with Crippen molar-refractivity contribution in [3.63, 3.8) is 0 Å². The van der Waals surface area contributed by atoms with E-state index in [-0.39, 0.29) is 35.6 Å². The number of fused-ring (bicyclic) bond motifs is 1. The van der Waals surface area contributed by atoms with Crippen LogP contribution >= 0.6 is 0 Å². The quantitative estimate of drug-likeness (QED) is 0.0176. The number of benzene rings is 4. The second-order valence-corrected chi connectivity index (χ2v) is 18.5. The zero-order chi connectivity index (χ0) is 55.1. The van der Waals surface area contributed by atoms with E-state index in [0.717, 1.165) is 35.9 Å². The standard InChI is InChI=1S/C56H75N9O12/c1-41(57)44-11-10-12-45(40-44)53(69)62-54-61-47-13-6-7-14-49(47)65(54)26-9-5-8-23-58-51(67)22-27-71-29-31-73-33-35-75-37-38-76-36-34-74-32-30-72-28-25-59-52(68)43-16-18-46(19-17-43)63-64-48-39-42(15-20-50(48)66)21-24-60-55(70)77-56(2,3)4/h6-7,10-20,39-40,66H,1,5,8-9,21-38,57H2,2-4H3,(H,58,67)(H,59,68)(H,60,70)(H,61,62,69)/b64-63+. The van der Waals surface area contributed by atoms with Crippen molar-refractivity contribution in [1.82, 2.24) is 25.5 Å². The van der Waals surface area contributed by atoms with E-state index in [2.05, 4.69) is 42.7 Å². The normalized spacial score (nSPS) is 11.8. The summed E-state index contributed by atoms with van der Waals surface area (Å²) in [5.41, 5.74) is 11.1. The van der Waals surface area contributed by atoms with Gasteiger partial charge in [0, 0.05) is 49.4 Å². The van der Waals surface area contributed by atoms with Gasteiger partial charge in [0.1, 0.15) is 17.0 Å². The molecule has 4 amide bonds. The largest absolute Gasteiger partial charge is 0.506 e. The molecule has 0 fully saturated rings. The number of nitrogens with two attached hydrogens (primary N) is 1. The average molecular weight is 1070 g/mol. The van der Waals surface area contributed by atoms with Crippen LogP contribution in [0.3, 0.4) is 0 Å². The van der Waals surface area contributed by atoms with E-state index in [1.165, 1.54) is 6.07 Å². The number of rotatable bonds is 35. The van der Waals surface area contributed by atoms with Crippen molar-refractivity contribution in [3.8, 4) is 5.75 Å². The molecule has 0 aliphatic carbocycles. The molecule has 0 saturated heterocycles. The van der Waals surface area contributed by atoms with Crippen LogP contribution < -0.4 is 27.3 Å². The maximum atomic E-state index is 13.1. The van der Waals surface area contributed by atoms with Gasteiger partial charge in [0.25, 0.3) is 11.8 Å². The lowest BCUT2D eigenvalue weighted by Gasteiger charge is -2.19. The number of ether oxygens (including phenoxy) is 7. The fourth-order valence-corrected chi connectivity index (χ4v) is 7.26. The number of hydrogen-bond donors (Lipinski definition) is 6. The van der Waals surface area contributed by atoms with Gasteiger partial charge in [-0.25, -0.2) is 4.79 Å². The Morgan fingerprint density at radius 1 is 0.649 bits per heavy atom. The minimum absolute atomic E-state index is 0.0355. The Bertz CT molecular complexity index is 2730. The smallest absolute Gasteiger partial charge is 0.407 e. The summed E-state index contributed by atoms with van der Waals surface area (Å²) in [6.07, 6.45) is 2.79. The first kappa shape index (κ1) is 60.6. The van der Waals surface area contributed by atoms with Gasteiger partial charge in [-0.1, -0.05) is 36.9 Å². The first-order valence-electron chi connectivity index (χ1n) is 25.9. The lowest BCUT2D eigenvalue weighted by molar-refractivity contribution is -0.122. The van der Waals surface area contributed by atoms with Gasteiger partial charge in [-0.3, -0.25) is 14.4 Å². The molecule has 0 spiro atoms. The Hall–Kier alpha value is -7.27. The van der Waals surface area contributed by atoms with Crippen LogP contribution in [0, 0.1) is 0 Å². The Balaban J connectivity index is 0.776. The number of aryl methyl sites for hydroxylation is 1. The molecule has 21 heteroatoms. The third-order valence-electron chi connectivity index (χ3n) is 11.2. The number of carbonyl (C=O) groups excluding carboxylic acids is 4. The maximum absolute atomic E-state index is 13.1. The number of hydrogen-bond acceptors (Lipinski definition) is 15. The number of azo groups is 1. The highest BCUT2D eigenvalue weighted by molar-refractivity contribution is 5.96. The van der Waals surface area contributed by atoms with Gasteiger partial charge >= 0.3 is 6.09 Å². The Kier molecular flexibility index (Phi) is 26.5. The summed E-state index contributed by atoms with van der Waals surface area (Å²) < 4.78 is 40.5. The molecule has 1 heterocycles. The molecule has 77 heavy (non-hydrogen) atoms. The first-order chi connectivity index (χ1) is 37.3. The number of alkyl carbamates (subject to hydrolysis) is 1. The van der Waals surface area contributed by atoms with Gasteiger partial charge in [0.2, 0.25) is 11.5 Å². The van der Waals surface area contributed by atoms with Crippen molar-refractivity contribution < 1.29 is 57.4 Å². The van der Waals surface area contributed by atoms with Gasteiger partial charge < -0.3 is 69.5 Å². The average Bonchev–Trinajstić information content (AvgIpc) is 3.76. The molecule has 416 valence electrons. The summed E-state index contributed by atoms with van der Waals surface area (Å²) in [6.45, 7) is 15.7. The first-order valence-corrected chi connectivity index (χ1v) is 25.9. The van der Waals surface area contributed by atoms with Crippen LogP contribution in [-0.2, 0) is 50.9 Å². The van der Waals surface area contributed by atoms with E-state index in [0.29, 0.717) is 146 Å². The van der Waals surface area contributed by atoms with Crippen LogP contribution in [0.5, 0.6) is 5.75 Å². The second kappa shape index (κ2) is 33.7. The number of aromatic nitrogens is 2. The van der Waals surface area contributed by atoms with Crippen molar-refractivity contribution in [1.29, 1.82) is 0 Å². The third kappa shape index (κ3) is 23.7. The number of nitrogens with one attached hydrogen (secondary N) is 4. The minimum Gasteiger partial charge on any atom is -0.506 e. The van der Waals surface area contributed by atoms with Crippen LogP contribution in [-0.4, -0.2) is 143 Å². The second-order valence-electron chi connectivity index (χ2n) is 18.5. The van der Waals surface area contributed by atoms with Crippen LogP contribution in [0.25, 0.3) is 16.7 Å². The topological polar surface area (TPSA) is 273 Å². The number of phenolic OH excluding ortho intramolecular Hbond substituents is 1. The number of H-pyrrole nitrogens is 1. The molecule has 0 atom stereocenters.